The maximum atomic E-state index is 11.2. The van der Waals surface area contributed by atoms with Crippen molar-refractivity contribution in [2.45, 2.75) is 19.8 Å². The molecule has 1 aliphatic rings. The van der Waals surface area contributed by atoms with Crippen LogP contribution in [0.25, 0.3) is 0 Å². The summed E-state index contributed by atoms with van der Waals surface area (Å²) in [6.07, 6.45) is 1.50. The Labute approximate surface area is 95.0 Å². The van der Waals surface area contributed by atoms with Crippen molar-refractivity contribution < 1.29 is 19.1 Å². The first-order chi connectivity index (χ1) is 7.61. The molecule has 0 aliphatic carbocycles. The molecule has 0 unspecified atom stereocenters. The van der Waals surface area contributed by atoms with Crippen LogP contribution in [0.4, 0.5) is 0 Å². The van der Waals surface area contributed by atoms with Gasteiger partial charge in [-0.25, -0.2) is 4.79 Å². The zero-order chi connectivity index (χ0) is 12.0. The summed E-state index contributed by atoms with van der Waals surface area (Å²) in [6, 6.07) is 0. The van der Waals surface area contributed by atoms with Gasteiger partial charge in [0.25, 0.3) is 0 Å². The van der Waals surface area contributed by atoms with Crippen LogP contribution in [0.1, 0.15) is 19.8 Å². The van der Waals surface area contributed by atoms with Gasteiger partial charge in [-0.2, -0.15) is 0 Å². The minimum atomic E-state index is -0.416. The van der Waals surface area contributed by atoms with Gasteiger partial charge >= 0.3 is 5.97 Å². The predicted molar refractivity (Wildman–Crippen MR) is 57.5 cm³/mol. The van der Waals surface area contributed by atoms with Crippen LogP contribution in [0.15, 0.2) is 12.2 Å². The van der Waals surface area contributed by atoms with Gasteiger partial charge in [0.05, 0.1) is 6.61 Å². The zero-order valence-corrected chi connectivity index (χ0v) is 9.53. The second-order valence-corrected chi connectivity index (χ2v) is 3.71. The molecule has 1 fully saturated rings. The molecule has 0 aromatic carbocycles. The molecule has 0 N–H and O–H groups in total. The summed E-state index contributed by atoms with van der Waals surface area (Å²) in [5, 5.41) is 0. The van der Waals surface area contributed by atoms with Gasteiger partial charge in [0.2, 0.25) is 5.91 Å². The number of hydrogen-bond acceptors (Lipinski definition) is 4. The Morgan fingerprint density at radius 2 is 2.25 bits per heavy atom. The van der Waals surface area contributed by atoms with E-state index in [9.17, 15) is 9.59 Å². The van der Waals surface area contributed by atoms with Crippen molar-refractivity contribution in [2.24, 2.45) is 0 Å². The molecule has 5 nitrogen and oxygen atoms in total. The Morgan fingerprint density at radius 3 is 2.81 bits per heavy atom. The highest BCUT2D eigenvalue weighted by molar-refractivity contribution is 5.86. The molecule has 0 atom stereocenters. The van der Waals surface area contributed by atoms with Crippen LogP contribution in [0.5, 0.6) is 0 Å². The number of carbonyl (C=O) groups excluding carboxylic acids is 2. The highest BCUT2D eigenvalue weighted by Crippen LogP contribution is 2.08. The topological polar surface area (TPSA) is 55.8 Å². The quantitative estimate of drug-likeness (QED) is 0.381. The smallest absolute Gasteiger partial charge is 0.333 e. The summed E-state index contributed by atoms with van der Waals surface area (Å²) in [4.78, 5) is 23.8. The van der Waals surface area contributed by atoms with Crippen molar-refractivity contribution in [3.8, 4) is 0 Å². The lowest BCUT2D eigenvalue weighted by atomic mass is 10.4. The fourth-order valence-corrected chi connectivity index (χ4v) is 1.33. The largest absolute Gasteiger partial charge is 0.460 e. The third-order valence-electron chi connectivity index (χ3n) is 2.23. The van der Waals surface area contributed by atoms with Crippen LogP contribution < -0.4 is 0 Å². The lowest BCUT2D eigenvalue weighted by Gasteiger charge is -2.15. The average molecular weight is 227 g/mol. The van der Waals surface area contributed by atoms with Crippen molar-refractivity contribution >= 4 is 11.9 Å². The van der Waals surface area contributed by atoms with Gasteiger partial charge in [0.15, 0.2) is 0 Å². The molecule has 0 aromatic rings. The van der Waals surface area contributed by atoms with E-state index in [2.05, 4.69) is 6.58 Å². The molecule has 0 radical (unpaired) electrons. The Morgan fingerprint density at radius 1 is 1.50 bits per heavy atom. The summed E-state index contributed by atoms with van der Waals surface area (Å²) in [7, 11) is 0. The number of nitrogens with zero attached hydrogens (tertiary/aromatic N) is 1. The Balaban J connectivity index is 2.02. The lowest BCUT2D eigenvalue weighted by molar-refractivity contribution is -0.142. The van der Waals surface area contributed by atoms with Gasteiger partial charge in [-0.1, -0.05) is 6.58 Å². The normalized spacial score (nSPS) is 15.3. The third-order valence-corrected chi connectivity index (χ3v) is 2.23. The Hall–Kier alpha value is -1.36. The highest BCUT2D eigenvalue weighted by Gasteiger charge is 2.19. The standard InChI is InChI=1S/C11H17NO4/c1-9(2)11(14)16-7-6-15-8-12-5-3-4-10(12)13/h1,3-8H2,2H3. The van der Waals surface area contributed by atoms with Crippen molar-refractivity contribution in [3.63, 3.8) is 0 Å². The van der Waals surface area contributed by atoms with Crippen molar-refractivity contribution in [1.82, 2.24) is 4.90 Å². The molecule has 0 bridgehead atoms. The van der Waals surface area contributed by atoms with Gasteiger partial charge in [-0.05, 0) is 13.3 Å². The zero-order valence-electron chi connectivity index (χ0n) is 9.53. The minimum absolute atomic E-state index is 0.124. The summed E-state index contributed by atoms with van der Waals surface area (Å²) in [5.41, 5.74) is 0.370. The predicted octanol–water partition coefficient (Wildman–Crippen LogP) is 0.702. The van der Waals surface area contributed by atoms with Crippen LogP contribution in [0, 0.1) is 0 Å². The SMILES string of the molecule is C=C(C)C(=O)OCCOCN1CCCC1=O. The molecular weight excluding hydrogens is 210 g/mol. The minimum Gasteiger partial charge on any atom is -0.460 e. The Bertz CT molecular complexity index is 288. The number of likely N-dealkylation sites (tertiary alicyclic amines) is 1. The van der Waals surface area contributed by atoms with Gasteiger partial charge in [-0.3, -0.25) is 4.79 Å². The molecule has 1 saturated heterocycles. The summed E-state index contributed by atoms with van der Waals surface area (Å²) >= 11 is 0. The first-order valence-electron chi connectivity index (χ1n) is 5.29. The fourth-order valence-electron chi connectivity index (χ4n) is 1.33. The van der Waals surface area contributed by atoms with Crippen molar-refractivity contribution in [3.05, 3.63) is 12.2 Å². The molecule has 1 rings (SSSR count). The fraction of sp³-hybridized carbons (Fsp3) is 0.636. The van der Waals surface area contributed by atoms with E-state index >= 15 is 0 Å². The van der Waals surface area contributed by atoms with Crippen LogP contribution in [0.3, 0.4) is 0 Å². The van der Waals surface area contributed by atoms with Gasteiger partial charge in [-0.15, -0.1) is 0 Å². The first-order valence-corrected chi connectivity index (χ1v) is 5.29. The third kappa shape index (κ3) is 4.02. The monoisotopic (exact) mass is 227 g/mol. The van der Waals surface area contributed by atoms with Gasteiger partial charge in [0, 0.05) is 18.5 Å². The number of esters is 1. The van der Waals surface area contributed by atoms with E-state index in [-0.39, 0.29) is 19.2 Å². The number of carbonyl (C=O) groups is 2. The van der Waals surface area contributed by atoms with E-state index in [1.54, 1.807) is 11.8 Å². The van der Waals surface area contributed by atoms with Crippen molar-refractivity contribution in [2.75, 3.05) is 26.5 Å². The average Bonchev–Trinajstić information content (AvgIpc) is 2.63. The lowest BCUT2D eigenvalue weighted by Crippen LogP contribution is -2.28. The van der Waals surface area contributed by atoms with Gasteiger partial charge in [0.1, 0.15) is 13.3 Å². The molecule has 0 saturated carbocycles. The first kappa shape index (κ1) is 12.7. The number of rotatable bonds is 6. The molecule has 1 amide bonds. The second-order valence-electron chi connectivity index (χ2n) is 3.71. The maximum absolute atomic E-state index is 11.2. The van der Waals surface area contributed by atoms with E-state index in [1.165, 1.54) is 0 Å². The highest BCUT2D eigenvalue weighted by atomic mass is 16.6. The van der Waals surface area contributed by atoms with E-state index in [4.69, 9.17) is 9.47 Å². The summed E-state index contributed by atoms with van der Waals surface area (Å²) in [5.74, 6) is -0.292. The van der Waals surface area contributed by atoms with Crippen LogP contribution in [-0.2, 0) is 19.1 Å². The molecule has 0 aromatic heterocycles. The molecule has 16 heavy (non-hydrogen) atoms. The van der Waals surface area contributed by atoms with E-state index in [0.717, 1.165) is 13.0 Å². The molecule has 1 aliphatic heterocycles. The summed E-state index contributed by atoms with van der Waals surface area (Å²) < 4.78 is 10.0. The van der Waals surface area contributed by atoms with Gasteiger partial charge < -0.3 is 14.4 Å². The van der Waals surface area contributed by atoms with Crippen molar-refractivity contribution in [1.29, 1.82) is 0 Å². The number of hydrogen-bond donors (Lipinski definition) is 0. The van der Waals surface area contributed by atoms with E-state index in [1.807, 2.05) is 0 Å². The molecule has 1 heterocycles. The van der Waals surface area contributed by atoms with E-state index < -0.39 is 5.97 Å². The molecule has 0 spiro atoms. The van der Waals surface area contributed by atoms with E-state index in [0.29, 0.717) is 18.6 Å². The van der Waals surface area contributed by atoms with Crippen LogP contribution in [0.2, 0.25) is 0 Å². The maximum Gasteiger partial charge on any atom is 0.333 e. The second kappa shape index (κ2) is 6.27. The number of ether oxygens (including phenoxy) is 2. The number of amides is 1. The molecule has 90 valence electrons. The molecular formula is C11H17NO4. The summed E-state index contributed by atoms with van der Waals surface area (Å²) in [6.45, 7) is 6.57. The van der Waals surface area contributed by atoms with Crippen LogP contribution in [-0.4, -0.2) is 43.3 Å². The molecule has 5 heteroatoms. The Kier molecular flexibility index (Phi) is 4.98. The van der Waals surface area contributed by atoms with Crippen LogP contribution >= 0.6 is 0 Å².